The average Bonchev–Trinajstić information content (AvgIpc) is 2.88. The normalized spacial score (nSPS) is 12.4. The second-order valence-corrected chi connectivity index (χ2v) is 13.5. The molecule has 0 saturated heterocycles. The summed E-state index contributed by atoms with van der Waals surface area (Å²) in [5, 5.41) is 3.31. The molecule has 41 heavy (non-hydrogen) atoms. The molecule has 0 saturated carbocycles. The molecule has 1 atom stereocenters. The number of nitrogens with zero attached hydrogens (tertiary/aromatic N) is 2. The molecule has 0 radical (unpaired) electrons. The second-order valence-electron chi connectivity index (χ2n) is 10.7. The van der Waals surface area contributed by atoms with Gasteiger partial charge in [-0.2, -0.15) is 0 Å². The van der Waals surface area contributed by atoms with Gasteiger partial charge in [-0.25, -0.2) is 8.42 Å². The number of benzene rings is 3. The van der Waals surface area contributed by atoms with Crippen LogP contribution in [0.3, 0.4) is 0 Å². The van der Waals surface area contributed by atoms with Crippen LogP contribution < -0.4 is 14.4 Å². The number of carbonyl (C=O) groups excluding carboxylic acids is 2. The topological polar surface area (TPSA) is 96.0 Å². The zero-order valence-corrected chi connectivity index (χ0v) is 26.3. The molecule has 0 aliphatic rings. The van der Waals surface area contributed by atoms with E-state index in [0.29, 0.717) is 11.3 Å². The Morgan fingerprint density at radius 2 is 1.59 bits per heavy atom. The first kappa shape index (κ1) is 32.2. The Kier molecular flexibility index (Phi) is 10.3. The SMILES string of the molecule is COc1cccc(CN(C(=O)CN(c2cc(Cl)cc(Cl)c2)S(=O)(=O)c2ccc(C)cc2)C(C)C(=O)NC(C)(C)C)c1. The van der Waals surface area contributed by atoms with Crippen molar-refractivity contribution in [3.8, 4) is 5.75 Å². The van der Waals surface area contributed by atoms with Crippen molar-refractivity contribution >= 4 is 50.7 Å². The molecule has 3 aromatic rings. The number of amides is 2. The van der Waals surface area contributed by atoms with Crippen molar-refractivity contribution in [1.82, 2.24) is 10.2 Å². The quantitative estimate of drug-likeness (QED) is 0.308. The highest BCUT2D eigenvalue weighted by Crippen LogP contribution is 2.30. The fraction of sp³-hybridized carbons (Fsp3) is 0.333. The third-order valence-corrected chi connectivity index (χ3v) is 8.40. The molecule has 0 heterocycles. The number of carbonyl (C=O) groups is 2. The number of rotatable bonds is 10. The van der Waals surface area contributed by atoms with Crippen molar-refractivity contribution in [2.75, 3.05) is 18.0 Å². The molecule has 1 N–H and O–H groups in total. The van der Waals surface area contributed by atoms with Gasteiger partial charge >= 0.3 is 0 Å². The van der Waals surface area contributed by atoms with E-state index in [1.165, 1.54) is 42.3 Å². The molecular weight excluding hydrogens is 585 g/mol. The van der Waals surface area contributed by atoms with E-state index in [0.717, 1.165) is 9.87 Å². The Bertz CT molecular complexity index is 1490. The Morgan fingerprint density at radius 3 is 2.15 bits per heavy atom. The Balaban J connectivity index is 2.08. The van der Waals surface area contributed by atoms with Gasteiger partial charge in [0.2, 0.25) is 11.8 Å². The van der Waals surface area contributed by atoms with Crippen molar-refractivity contribution < 1.29 is 22.7 Å². The monoisotopic (exact) mass is 619 g/mol. The van der Waals surface area contributed by atoms with Gasteiger partial charge in [-0.15, -0.1) is 0 Å². The van der Waals surface area contributed by atoms with E-state index in [-0.39, 0.29) is 33.1 Å². The summed E-state index contributed by atoms with van der Waals surface area (Å²) in [6, 6.07) is 16.8. The van der Waals surface area contributed by atoms with Crippen molar-refractivity contribution in [3.05, 3.63) is 87.9 Å². The minimum absolute atomic E-state index is 0.00938. The number of aryl methyl sites for hydroxylation is 1. The van der Waals surface area contributed by atoms with Gasteiger partial charge in [0, 0.05) is 22.1 Å². The molecule has 2 amide bonds. The highest BCUT2D eigenvalue weighted by Gasteiger charge is 2.33. The van der Waals surface area contributed by atoms with Crippen LogP contribution in [0.25, 0.3) is 0 Å². The number of halogens is 2. The molecule has 3 rings (SSSR count). The number of hydrogen-bond acceptors (Lipinski definition) is 5. The first-order valence-electron chi connectivity index (χ1n) is 12.9. The molecule has 0 fully saturated rings. The Morgan fingerprint density at radius 1 is 0.976 bits per heavy atom. The molecule has 1 unspecified atom stereocenters. The van der Waals surface area contributed by atoms with Crippen molar-refractivity contribution in [1.29, 1.82) is 0 Å². The summed E-state index contributed by atoms with van der Waals surface area (Å²) in [6.07, 6.45) is 0. The molecule has 8 nitrogen and oxygen atoms in total. The van der Waals surface area contributed by atoms with E-state index in [2.05, 4.69) is 5.32 Å². The second kappa shape index (κ2) is 13.1. The summed E-state index contributed by atoms with van der Waals surface area (Å²) in [7, 11) is -2.71. The van der Waals surface area contributed by atoms with E-state index in [9.17, 15) is 18.0 Å². The van der Waals surface area contributed by atoms with Crippen LogP contribution in [0.2, 0.25) is 10.0 Å². The van der Waals surface area contributed by atoms with Crippen LogP contribution in [0.15, 0.2) is 71.6 Å². The lowest BCUT2D eigenvalue weighted by Crippen LogP contribution is -2.54. The molecule has 0 aliphatic heterocycles. The lowest BCUT2D eigenvalue weighted by atomic mass is 10.1. The Hall–Kier alpha value is -3.27. The van der Waals surface area contributed by atoms with E-state index >= 15 is 0 Å². The molecule has 3 aromatic carbocycles. The van der Waals surface area contributed by atoms with Gasteiger partial charge in [0.15, 0.2) is 0 Å². The number of nitrogens with one attached hydrogen (secondary N) is 1. The van der Waals surface area contributed by atoms with Gasteiger partial charge in [-0.1, -0.05) is 53.0 Å². The summed E-state index contributed by atoms with van der Waals surface area (Å²) >= 11 is 12.5. The smallest absolute Gasteiger partial charge is 0.264 e. The fourth-order valence-electron chi connectivity index (χ4n) is 4.07. The van der Waals surface area contributed by atoms with E-state index < -0.39 is 34.1 Å². The highest BCUT2D eigenvalue weighted by atomic mass is 35.5. The van der Waals surface area contributed by atoms with Gasteiger partial charge in [0.05, 0.1) is 17.7 Å². The number of hydrogen-bond donors (Lipinski definition) is 1. The van der Waals surface area contributed by atoms with Gasteiger partial charge in [0.25, 0.3) is 10.0 Å². The van der Waals surface area contributed by atoms with Crippen LogP contribution in [-0.2, 0) is 26.2 Å². The largest absolute Gasteiger partial charge is 0.497 e. The van der Waals surface area contributed by atoms with Crippen LogP contribution in [0.1, 0.15) is 38.8 Å². The van der Waals surface area contributed by atoms with Gasteiger partial charge in [-0.05, 0) is 82.6 Å². The molecule has 0 spiro atoms. The van der Waals surface area contributed by atoms with Crippen LogP contribution in [0.4, 0.5) is 5.69 Å². The molecule has 11 heteroatoms. The first-order chi connectivity index (χ1) is 19.1. The molecule has 0 aromatic heterocycles. The third kappa shape index (κ3) is 8.61. The van der Waals surface area contributed by atoms with Crippen LogP contribution >= 0.6 is 23.2 Å². The lowest BCUT2D eigenvalue weighted by molar-refractivity contribution is -0.140. The predicted molar refractivity (Wildman–Crippen MR) is 163 cm³/mol. The van der Waals surface area contributed by atoms with Crippen molar-refractivity contribution in [2.45, 2.75) is 57.6 Å². The maximum absolute atomic E-state index is 14.0. The van der Waals surface area contributed by atoms with Gasteiger partial charge < -0.3 is 15.0 Å². The Labute approximate surface area is 252 Å². The van der Waals surface area contributed by atoms with Crippen LogP contribution in [0, 0.1) is 6.92 Å². The van der Waals surface area contributed by atoms with Crippen LogP contribution in [-0.4, -0.2) is 50.4 Å². The molecule has 220 valence electrons. The fourth-order valence-corrected chi connectivity index (χ4v) is 5.99. The van der Waals surface area contributed by atoms with Crippen molar-refractivity contribution in [3.63, 3.8) is 0 Å². The third-order valence-electron chi connectivity index (χ3n) is 6.18. The highest BCUT2D eigenvalue weighted by molar-refractivity contribution is 7.92. The van der Waals surface area contributed by atoms with Gasteiger partial charge in [-0.3, -0.25) is 13.9 Å². The summed E-state index contributed by atoms with van der Waals surface area (Å²) in [5.41, 5.74) is 1.14. The molecule has 0 bridgehead atoms. The number of sulfonamides is 1. The standard InChI is InChI=1S/C30H35Cl2N3O5S/c1-20-10-12-27(13-11-20)41(38,39)35(25-16-23(31)15-24(32)17-25)19-28(36)34(21(2)29(37)33-30(3,4)5)18-22-8-7-9-26(14-22)40-6/h7-17,21H,18-19H2,1-6H3,(H,33,37). The van der Waals surface area contributed by atoms with Crippen molar-refractivity contribution in [2.24, 2.45) is 0 Å². The molecular formula is C30H35Cl2N3O5S. The predicted octanol–water partition coefficient (Wildman–Crippen LogP) is 5.84. The summed E-state index contributed by atoms with van der Waals surface area (Å²) in [6.45, 7) is 8.39. The number of anilines is 1. The maximum Gasteiger partial charge on any atom is 0.264 e. The zero-order chi connectivity index (χ0) is 30.5. The number of ether oxygens (including phenoxy) is 1. The maximum atomic E-state index is 14.0. The lowest BCUT2D eigenvalue weighted by Gasteiger charge is -2.33. The van der Waals surface area contributed by atoms with E-state index in [1.54, 1.807) is 43.3 Å². The summed E-state index contributed by atoms with van der Waals surface area (Å²) in [5.74, 6) is -0.400. The zero-order valence-electron chi connectivity index (χ0n) is 23.9. The first-order valence-corrected chi connectivity index (χ1v) is 15.1. The van der Waals surface area contributed by atoms with E-state index in [1.807, 2.05) is 27.7 Å². The van der Waals surface area contributed by atoms with Gasteiger partial charge in [0.1, 0.15) is 18.3 Å². The summed E-state index contributed by atoms with van der Waals surface area (Å²) in [4.78, 5) is 28.6. The average molecular weight is 621 g/mol. The molecule has 0 aliphatic carbocycles. The van der Waals surface area contributed by atoms with Crippen LogP contribution in [0.5, 0.6) is 5.75 Å². The summed E-state index contributed by atoms with van der Waals surface area (Å²) < 4.78 is 34.1. The minimum atomic E-state index is -4.24. The number of methoxy groups -OCH3 is 1. The minimum Gasteiger partial charge on any atom is -0.497 e. The van der Waals surface area contributed by atoms with E-state index in [4.69, 9.17) is 27.9 Å².